The Hall–Kier alpha value is -1.88. The minimum absolute atomic E-state index is 0.100. The Kier molecular flexibility index (Phi) is 2.62. The molecule has 16 heavy (non-hydrogen) atoms. The van der Waals surface area contributed by atoms with Crippen molar-refractivity contribution in [1.29, 1.82) is 0 Å². The molecule has 2 aromatic rings. The minimum Gasteiger partial charge on any atom is -0.476 e. The van der Waals surface area contributed by atoms with Gasteiger partial charge in [0.05, 0.1) is 11.9 Å². The lowest BCUT2D eigenvalue weighted by Gasteiger charge is -2.02. The van der Waals surface area contributed by atoms with E-state index < -0.39 is 5.97 Å². The fourth-order valence-corrected chi connectivity index (χ4v) is 1.39. The van der Waals surface area contributed by atoms with Crippen LogP contribution in [-0.4, -0.2) is 26.1 Å². The zero-order valence-corrected chi connectivity index (χ0v) is 9.14. The molecule has 0 saturated heterocycles. The van der Waals surface area contributed by atoms with Gasteiger partial charge in [-0.1, -0.05) is 22.9 Å². The number of nitrogens with zero attached hydrogens (tertiary/aromatic N) is 3. The van der Waals surface area contributed by atoms with Crippen LogP contribution in [0.5, 0.6) is 0 Å². The molecule has 0 spiro atoms. The molecule has 0 fully saturated rings. The number of hydrogen-bond acceptors (Lipinski definition) is 3. The van der Waals surface area contributed by atoms with Crippen LogP contribution in [0.25, 0.3) is 5.69 Å². The zero-order valence-electron chi connectivity index (χ0n) is 8.38. The molecule has 0 atom stereocenters. The standard InChI is InChI=1S/C10H8ClN3O2/c1-6-2-3-7(4-8(6)11)14-5-9(10(15)16)12-13-14/h2-5H,1H3,(H,15,16). The molecule has 0 saturated carbocycles. The molecule has 0 aliphatic carbocycles. The number of aromatic nitrogens is 3. The van der Waals surface area contributed by atoms with Gasteiger partial charge in [-0.15, -0.1) is 5.10 Å². The summed E-state index contributed by atoms with van der Waals surface area (Å²) in [6.07, 6.45) is 1.34. The van der Waals surface area contributed by atoms with Crippen LogP contribution in [0.2, 0.25) is 5.02 Å². The van der Waals surface area contributed by atoms with Gasteiger partial charge in [0, 0.05) is 5.02 Å². The molecule has 1 heterocycles. The third-order valence-corrected chi connectivity index (χ3v) is 2.54. The van der Waals surface area contributed by atoms with Crippen molar-refractivity contribution in [3.63, 3.8) is 0 Å². The van der Waals surface area contributed by atoms with E-state index in [0.29, 0.717) is 10.7 Å². The van der Waals surface area contributed by atoms with Crippen molar-refractivity contribution in [3.8, 4) is 5.69 Å². The lowest BCUT2D eigenvalue weighted by molar-refractivity contribution is 0.0690. The van der Waals surface area contributed by atoms with Crippen LogP contribution in [0, 0.1) is 6.92 Å². The predicted molar refractivity (Wildman–Crippen MR) is 58.1 cm³/mol. The number of aromatic carboxylic acids is 1. The topological polar surface area (TPSA) is 68.0 Å². The van der Waals surface area contributed by atoms with Crippen molar-refractivity contribution >= 4 is 17.6 Å². The van der Waals surface area contributed by atoms with E-state index in [0.717, 1.165) is 5.56 Å². The monoisotopic (exact) mass is 237 g/mol. The molecule has 6 heteroatoms. The van der Waals surface area contributed by atoms with E-state index >= 15 is 0 Å². The smallest absolute Gasteiger partial charge is 0.358 e. The summed E-state index contributed by atoms with van der Waals surface area (Å²) in [4.78, 5) is 10.6. The second-order valence-corrected chi connectivity index (χ2v) is 3.69. The highest BCUT2D eigenvalue weighted by molar-refractivity contribution is 6.31. The number of benzene rings is 1. The first-order valence-electron chi connectivity index (χ1n) is 4.50. The first-order chi connectivity index (χ1) is 7.58. The minimum atomic E-state index is -1.11. The fraction of sp³-hybridized carbons (Fsp3) is 0.100. The van der Waals surface area contributed by atoms with Gasteiger partial charge >= 0.3 is 5.97 Å². The van der Waals surface area contributed by atoms with Crippen molar-refractivity contribution in [2.45, 2.75) is 6.92 Å². The Balaban J connectivity index is 2.42. The van der Waals surface area contributed by atoms with Crippen LogP contribution < -0.4 is 0 Å². The van der Waals surface area contributed by atoms with Crippen molar-refractivity contribution in [2.75, 3.05) is 0 Å². The SMILES string of the molecule is Cc1ccc(-n2cc(C(=O)O)nn2)cc1Cl. The highest BCUT2D eigenvalue weighted by Crippen LogP contribution is 2.18. The Bertz CT molecular complexity index is 551. The highest BCUT2D eigenvalue weighted by Gasteiger charge is 2.09. The summed E-state index contributed by atoms with van der Waals surface area (Å²) < 4.78 is 1.37. The highest BCUT2D eigenvalue weighted by atomic mass is 35.5. The molecule has 2 rings (SSSR count). The largest absolute Gasteiger partial charge is 0.476 e. The maximum Gasteiger partial charge on any atom is 0.358 e. The third-order valence-electron chi connectivity index (χ3n) is 2.13. The predicted octanol–water partition coefficient (Wildman–Crippen LogP) is 1.93. The van der Waals surface area contributed by atoms with Crippen LogP contribution in [-0.2, 0) is 0 Å². The zero-order chi connectivity index (χ0) is 11.7. The number of hydrogen-bond donors (Lipinski definition) is 1. The van der Waals surface area contributed by atoms with Crippen molar-refractivity contribution in [2.24, 2.45) is 0 Å². The summed E-state index contributed by atoms with van der Waals surface area (Å²) in [6.45, 7) is 1.89. The van der Waals surface area contributed by atoms with E-state index in [1.54, 1.807) is 12.1 Å². The van der Waals surface area contributed by atoms with Crippen LogP contribution in [0.3, 0.4) is 0 Å². The van der Waals surface area contributed by atoms with Gasteiger partial charge < -0.3 is 5.11 Å². The summed E-state index contributed by atoms with van der Waals surface area (Å²) in [5.41, 5.74) is 1.52. The van der Waals surface area contributed by atoms with Crippen molar-refractivity contribution < 1.29 is 9.90 Å². The van der Waals surface area contributed by atoms with E-state index in [1.807, 2.05) is 13.0 Å². The maximum atomic E-state index is 10.6. The molecule has 82 valence electrons. The number of aryl methyl sites for hydroxylation is 1. The third kappa shape index (κ3) is 1.90. The van der Waals surface area contributed by atoms with E-state index in [1.165, 1.54) is 10.9 Å². The number of carboxylic acids is 1. The normalized spacial score (nSPS) is 10.4. The average Bonchev–Trinajstić information content (AvgIpc) is 2.71. The van der Waals surface area contributed by atoms with Gasteiger partial charge in [-0.3, -0.25) is 0 Å². The van der Waals surface area contributed by atoms with Gasteiger partial charge in [-0.25, -0.2) is 9.48 Å². The van der Waals surface area contributed by atoms with Crippen LogP contribution in [0.15, 0.2) is 24.4 Å². The van der Waals surface area contributed by atoms with Crippen LogP contribution in [0.4, 0.5) is 0 Å². The molecule has 0 bridgehead atoms. The number of halogens is 1. The molecule has 0 unspecified atom stereocenters. The molecule has 0 aliphatic rings. The summed E-state index contributed by atoms with van der Waals surface area (Å²) in [5, 5.41) is 16.5. The fourth-order valence-electron chi connectivity index (χ4n) is 1.21. The summed E-state index contributed by atoms with van der Waals surface area (Å²) in [7, 11) is 0. The van der Waals surface area contributed by atoms with E-state index in [9.17, 15) is 4.79 Å². The molecular weight excluding hydrogens is 230 g/mol. The molecule has 1 N–H and O–H groups in total. The molecule has 0 aliphatic heterocycles. The lowest BCUT2D eigenvalue weighted by Crippen LogP contribution is -1.96. The van der Waals surface area contributed by atoms with E-state index in [2.05, 4.69) is 10.3 Å². The van der Waals surface area contributed by atoms with Crippen molar-refractivity contribution in [3.05, 3.63) is 40.7 Å². The molecule has 5 nitrogen and oxygen atoms in total. The quantitative estimate of drug-likeness (QED) is 0.867. The lowest BCUT2D eigenvalue weighted by atomic mass is 10.2. The number of carbonyl (C=O) groups is 1. The van der Waals surface area contributed by atoms with E-state index in [4.69, 9.17) is 16.7 Å². The Morgan fingerprint density at radius 2 is 2.25 bits per heavy atom. The van der Waals surface area contributed by atoms with E-state index in [-0.39, 0.29) is 5.69 Å². The molecule has 1 aromatic carbocycles. The maximum absolute atomic E-state index is 10.6. The van der Waals surface area contributed by atoms with Crippen LogP contribution >= 0.6 is 11.6 Å². The molecule has 1 aromatic heterocycles. The second kappa shape index (κ2) is 3.94. The summed E-state index contributed by atoms with van der Waals surface area (Å²) in [6, 6.07) is 5.33. The Labute approximate surface area is 96.3 Å². The Morgan fingerprint density at radius 3 is 2.81 bits per heavy atom. The van der Waals surface area contributed by atoms with Gasteiger partial charge in [-0.05, 0) is 24.6 Å². The van der Waals surface area contributed by atoms with Crippen molar-refractivity contribution in [1.82, 2.24) is 15.0 Å². The van der Waals surface area contributed by atoms with Gasteiger partial charge in [0.25, 0.3) is 0 Å². The summed E-state index contributed by atoms with van der Waals surface area (Å²) in [5.74, 6) is -1.11. The average molecular weight is 238 g/mol. The molecule has 0 radical (unpaired) electrons. The number of carboxylic acid groups (broad SMARTS) is 1. The van der Waals surface area contributed by atoms with Gasteiger partial charge in [0.1, 0.15) is 0 Å². The molecule has 0 amide bonds. The van der Waals surface area contributed by atoms with Gasteiger partial charge in [-0.2, -0.15) is 0 Å². The first-order valence-corrected chi connectivity index (χ1v) is 4.88. The summed E-state index contributed by atoms with van der Waals surface area (Å²) >= 11 is 5.96. The van der Waals surface area contributed by atoms with Gasteiger partial charge in [0.15, 0.2) is 5.69 Å². The number of rotatable bonds is 2. The second-order valence-electron chi connectivity index (χ2n) is 3.29. The van der Waals surface area contributed by atoms with Crippen LogP contribution in [0.1, 0.15) is 16.1 Å². The Morgan fingerprint density at radius 1 is 1.50 bits per heavy atom. The first kappa shape index (κ1) is 10.6. The van der Waals surface area contributed by atoms with Gasteiger partial charge in [0.2, 0.25) is 0 Å². The molecular formula is C10H8ClN3O2.